The quantitative estimate of drug-likeness (QED) is 0.841. The van der Waals surface area contributed by atoms with Gasteiger partial charge >= 0.3 is 0 Å². The van der Waals surface area contributed by atoms with Crippen LogP contribution < -0.4 is 4.72 Å². The van der Waals surface area contributed by atoms with Crippen LogP contribution in [0.1, 0.15) is 31.7 Å². The Morgan fingerprint density at radius 1 is 1.39 bits per heavy atom. The molecule has 0 spiro atoms. The molecule has 2 unspecified atom stereocenters. The number of halogens is 1. The molecule has 0 aliphatic heterocycles. The lowest BCUT2D eigenvalue weighted by Gasteiger charge is -2.15. The average molecular weight is 294 g/mol. The van der Waals surface area contributed by atoms with Gasteiger partial charge in [0.15, 0.2) is 0 Å². The molecule has 1 heterocycles. The molecule has 18 heavy (non-hydrogen) atoms. The monoisotopic (exact) mass is 293 g/mol. The van der Waals surface area contributed by atoms with E-state index in [0.29, 0.717) is 17.8 Å². The van der Waals surface area contributed by atoms with E-state index in [0.717, 1.165) is 0 Å². The summed E-state index contributed by atoms with van der Waals surface area (Å²) in [5.74, 6) is 0. The van der Waals surface area contributed by atoms with Crippen molar-refractivity contribution in [3.63, 3.8) is 0 Å². The molecule has 1 aromatic heterocycles. The van der Waals surface area contributed by atoms with Crippen molar-refractivity contribution in [2.24, 2.45) is 7.05 Å². The second kappa shape index (κ2) is 5.59. The molecular weight excluding hydrogens is 274 g/mol. The number of alkyl halides is 1. The van der Waals surface area contributed by atoms with E-state index in [1.807, 2.05) is 6.92 Å². The van der Waals surface area contributed by atoms with Gasteiger partial charge in [-0.05, 0) is 34.1 Å². The molecule has 0 saturated carbocycles. The lowest BCUT2D eigenvalue weighted by Crippen LogP contribution is -2.34. The van der Waals surface area contributed by atoms with Crippen molar-refractivity contribution in [3.05, 3.63) is 11.4 Å². The van der Waals surface area contributed by atoms with Crippen LogP contribution in [0, 0.1) is 13.8 Å². The highest BCUT2D eigenvalue weighted by Gasteiger charge is 2.25. The van der Waals surface area contributed by atoms with Crippen LogP contribution in [-0.4, -0.2) is 29.6 Å². The van der Waals surface area contributed by atoms with Crippen LogP contribution in [-0.2, 0) is 17.1 Å². The molecule has 0 aromatic carbocycles. The highest BCUT2D eigenvalue weighted by molar-refractivity contribution is 7.89. The zero-order valence-corrected chi connectivity index (χ0v) is 12.9. The maximum Gasteiger partial charge on any atom is 0.244 e. The Morgan fingerprint density at radius 3 is 2.33 bits per heavy atom. The first kappa shape index (κ1) is 15.5. The predicted molar refractivity (Wildman–Crippen MR) is 72.4 cm³/mol. The third-order valence-corrected chi connectivity index (χ3v) is 4.77. The predicted octanol–water partition coefficient (Wildman–Crippen LogP) is 1.72. The van der Waals surface area contributed by atoms with Gasteiger partial charge in [0, 0.05) is 18.5 Å². The summed E-state index contributed by atoms with van der Waals surface area (Å²) < 4.78 is 28.7. The first-order valence-electron chi connectivity index (χ1n) is 5.81. The first-order valence-corrected chi connectivity index (χ1v) is 7.73. The minimum Gasteiger partial charge on any atom is -0.271 e. The molecule has 0 fully saturated rings. The van der Waals surface area contributed by atoms with E-state index in [9.17, 15) is 8.42 Å². The Morgan fingerprint density at radius 2 is 1.94 bits per heavy atom. The number of sulfonamides is 1. The number of nitrogens with one attached hydrogen (secondary N) is 1. The normalized spacial score (nSPS) is 15.7. The van der Waals surface area contributed by atoms with Crippen LogP contribution in [0.2, 0.25) is 0 Å². The minimum atomic E-state index is -3.54. The van der Waals surface area contributed by atoms with Crippen LogP contribution in [0.4, 0.5) is 0 Å². The van der Waals surface area contributed by atoms with Crippen molar-refractivity contribution in [1.29, 1.82) is 0 Å². The van der Waals surface area contributed by atoms with Gasteiger partial charge in [0.25, 0.3) is 0 Å². The van der Waals surface area contributed by atoms with Gasteiger partial charge in [0.2, 0.25) is 10.0 Å². The van der Waals surface area contributed by atoms with Crippen molar-refractivity contribution in [1.82, 2.24) is 14.5 Å². The fourth-order valence-corrected chi connectivity index (χ4v) is 3.96. The maximum atomic E-state index is 12.3. The molecule has 0 aliphatic rings. The summed E-state index contributed by atoms with van der Waals surface area (Å²) in [6.07, 6.45) is 0.582. The Bertz CT molecular complexity index is 523. The summed E-state index contributed by atoms with van der Waals surface area (Å²) in [5.41, 5.74) is 1.14. The molecule has 104 valence electrons. The van der Waals surface area contributed by atoms with E-state index in [2.05, 4.69) is 9.82 Å². The van der Waals surface area contributed by atoms with Gasteiger partial charge in [-0.3, -0.25) is 4.68 Å². The molecule has 0 saturated heterocycles. The number of hydrogen-bond donors (Lipinski definition) is 1. The van der Waals surface area contributed by atoms with Crippen molar-refractivity contribution < 1.29 is 8.42 Å². The number of hydrogen-bond acceptors (Lipinski definition) is 3. The van der Waals surface area contributed by atoms with E-state index < -0.39 is 10.0 Å². The Hall–Kier alpha value is -0.590. The molecule has 1 rings (SSSR count). The molecule has 0 amide bonds. The van der Waals surface area contributed by atoms with E-state index in [1.54, 1.807) is 32.5 Å². The molecule has 1 N–H and O–H groups in total. The van der Waals surface area contributed by atoms with Gasteiger partial charge in [0.1, 0.15) is 4.90 Å². The topological polar surface area (TPSA) is 64.0 Å². The van der Waals surface area contributed by atoms with Crippen molar-refractivity contribution in [2.75, 3.05) is 0 Å². The SMILES string of the molecule is Cc1nn(C)c(C)c1S(=O)(=O)NC(C)CC(C)Cl. The number of rotatable bonds is 5. The molecule has 5 nitrogen and oxygen atoms in total. The van der Waals surface area contributed by atoms with Crippen LogP contribution >= 0.6 is 11.6 Å². The number of aryl methyl sites for hydroxylation is 2. The first-order chi connectivity index (χ1) is 8.15. The largest absolute Gasteiger partial charge is 0.271 e. The Kier molecular flexibility index (Phi) is 4.80. The van der Waals surface area contributed by atoms with Crippen LogP contribution in [0.5, 0.6) is 0 Å². The molecule has 7 heteroatoms. The fraction of sp³-hybridized carbons (Fsp3) is 0.727. The molecule has 2 atom stereocenters. The van der Waals surface area contributed by atoms with Crippen molar-refractivity contribution >= 4 is 21.6 Å². The molecule has 0 bridgehead atoms. The molecule has 0 aliphatic carbocycles. The maximum absolute atomic E-state index is 12.3. The highest BCUT2D eigenvalue weighted by Crippen LogP contribution is 2.19. The lowest BCUT2D eigenvalue weighted by molar-refractivity contribution is 0.544. The fourth-order valence-electron chi connectivity index (χ4n) is 2.00. The summed E-state index contributed by atoms with van der Waals surface area (Å²) in [5, 5.41) is 4.05. The second-order valence-electron chi connectivity index (χ2n) is 4.66. The van der Waals surface area contributed by atoms with Gasteiger partial charge in [-0.25, -0.2) is 13.1 Å². The van der Waals surface area contributed by atoms with Gasteiger partial charge in [0.05, 0.1) is 11.4 Å². The van der Waals surface area contributed by atoms with Gasteiger partial charge < -0.3 is 0 Å². The van der Waals surface area contributed by atoms with Gasteiger partial charge in [-0.1, -0.05) is 0 Å². The zero-order chi connectivity index (χ0) is 14.1. The highest BCUT2D eigenvalue weighted by atomic mass is 35.5. The molecule has 0 radical (unpaired) electrons. The van der Waals surface area contributed by atoms with Crippen LogP contribution in [0.25, 0.3) is 0 Å². The minimum absolute atomic E-state index is 0.0706. The summed E-state index contributed by atoms with van der Waals surface area (Å²) >= 11 is 5.86. The van der Waals surface area contributed by atoms with Crippen molar-refractivity contribution in [2.45, 2.75) is 50.4 Å². The average Bonchev–Trinajstić information content (AvgIpc) is 2.37. The van der Waals surface area contributed by atoms with Crippen LogP contribution in [0.3, 0.4) is 0 Å². The Balaban J connectivity index is 3.00. The molecule has 1 aromatic rings. The zero-order valence-electron chi connectivity index (χ0n) is 11.4. The summed E-state index contributed by atoms with van der Waals surface area (Å²) in [7, 11) is -1.81. The molecular formula is C11H20ClN3O2S. The number of aromatic nitrogens is 2. The smallest absolute Gasteiger partial charge is 0.244 e. The van der Waals surface area contributed by atoms with E-state index in [-0.39, 0.29) is 16.3 Å². The third kappa shape index (κ3) is 3.46. The van der Waals surface area contributed by atoms with Crippen molar-refractivity contribution in [3.8, 4) is 0 Å². The second-order valence-corrected chi connectivity index (χ2v) is 7.06. The van der Waals surface area contributed by atoms with Crippen LogP contribution in [0.15, 0.2) is 4.90 Å². The summed E-state index contributed by atoms with van der Waals surface area (Å²) in [6, 6.07) is -0.207. The van der Waals surface area contributed by atoms with E-state index in [4.69, 9.17) is 11.6 Å². The van der Waals surface area contributed by atoms with Gasteiger partial charge in [-0.2, -0.15) is 5.10 Å². The summed E-state index contributed by atoms with van der Waals surface area (Å²) in [4.78, 5) is 0.263. The summed E-state index contributed by atoms with van der Waals surface area (Å²) in [6.45, 7) is 7.07. The van der Waals surface area contributed by atoms with E-state index in [1.165, 1.54) is 0 Å². The standard InChI is InChI=1S/C11H20ClN3O2S/c1-7(12)6-8(2)14-18(16,17)11-9(3)13-15(5)10(11)4/h7-8,14H,6H2,1-5H3. The Labute approximate surface area is 114 Å². The lowest BCUT2D eigenvalue weighted by atomic mass is 10.2. The van der Waals surface area contributed by atoms with E-state index >= 15 is 0 Å². The number of nitrogens with zero attached hydrogens (tertiary/aromatic N) is 2. The van der Waals surface area contributed by atoms with Gasteiger partial charge in [-0.15, -0.1) is 11.6 Å². The third-order valence-electron chi connectivity index (χ3n) is 2.75.